The van der Waals surface area contributed by atoms with Crippen LogP contribution in [0.2, 0.25) is 5.02 Å². The highest BCUT2D eigenvalue weighted by atomic mass is 35.5. The zero-order chi connectivity index (χ0) is 17.6. The molecule has 2 aromatic carbocycles. The molecule has 128 valence electrons. The smallest absolute Gasteiger partial charge is 0.234 e. The number of anilines is 1. The van der Waals surface area contributed by atoms with E-state index in [9.17, 15) is 4.79 Å². The van der Waals surface area contributed by atoms with Gasteiger partial charge in [-0.05, 0) is 24.3 Å². The normalized spacial score (nSPS) is 10.5. The van der Waals surface area contributed by atoms with Crippen molar-refractivity contribution in [2.45, 2.75) is 5.16 Å². The first-order valence-corrected chi connectivity index (χ1v) is 8.76. The third kappa shape index (κ3) is 4.52. The van der Waals surface area contributed by atoms with Crippen LogP contribution in [0.5, 0.6) is 5.75 Å². The van der Waals surface area contributed by atoms with Gasteiger partial charge < -0.3 is 10.1 Å². The summed E-state index contributed by atoms with van der Waals surface area (Å²) in [6.07, 6.45) is 0. The van der Waals surface area contributed by atoms with Crippen LogP contribution >= 0.6 is 23.4 Å². The highest BCUT2D eigenvalue weighted by Gasteiger charge is 2.11. The second kappa shape index (κ2) is 8.04. The van der Waals surface area contributed by atoms with Gasteiger partial charge in [-0.3, -0.25) is 9.89 Å². The monoisotopic (exact) mass is 374 g/mol. The molecule has 0 spiro atoms. The minimum atomic E-state index is -0.151. The van der Waals surface area contributed by atoms with Crippen LogP contribution in [0.4, 0.5) is 5.69 Å². The van der Waals surface area contributed by atoms with Crippen molar-refractivity contribution < 1.29 is 9.53 Å². The Labute approximate surface area is 154 Å². The van der Waals surface area contributed by atoms with Crippen molar-refractivity contribution in [3.8, 4) is 17.1 Å². The van der Waals surface area contributed by atoms with E-state index in [4.69, 9.17) is 16.3 Å². The molecule has 0 aliphatic carbocycles. The van der Waals surface area contributed by atoms with Crippen LogP contribution in [0.25, 0.3) is 11.4 Å². The maximum absolute atomic E-state index is 12.1. The average Bonchev–Trinajstić information content (AvgIpc) is 3.09. The lowest BCUT2D eigenvalue weighted by molar-refractivity contribution is -0.113. The van der Waals surface area contributed by atoms with E-state index in [0.717, 1.165) is 5.56 Å². The van der Waals surface area contributed by atoms with Gasteiger partial charge in [0.25, 0.3) is 0 Å². The molecule has 0 unspecified atom stereocenters. The number of carbonyl (C=O) groups excluding carboxylic acids is 1. The maximum Gasteiger partial charge on any atom is 0.234 e. The summed E-state index contributed by atoms with van der Waals surface area (Å²) in [5.74, 6) is 1.30. The van der Waals surface area contributed by atoms with Crippen LogP contribution < -0.4 is 10.1 Å². The summed E-state index contributed by atoms with van der Waals surface area (Å²) in [6.45, 7) is 0. The lowest BCUT2D eigenvalue weighted by atomic mass is 10.2. The molecule has 3 rings (SSSR count). The topological polar surface area (TPSA) is 79.9 Å². The largest absolute Gasteiger partial charge is 0.497 e. The minimum Gasteiger partial charge on any atom is -0.497 e. The minimum absolute atomic E-state index is 0.151. The molecule has 8 heteroatoms. The van der Waals surface area contributed by atoms with E-state index in [1.807, 2.05) is 30.3 Å². The summed E-state index contributed by atoms with van der Waals surface area (Å²) in [5.41, 5.74) is 1.45. The van der Waals surface area contributed by atoms with E-state index in [-0.39, 0.29) is 11.7 Å². The third-order valence-corrected chi connectivity index (χ3v) is 4.46. The zero-order valence-corrected chi connectivity index (χ0v) is 14.9. The van der Waals surface area contributed by atoms with Gasteiger partial charge in [0, 0.05) is 17.3 Å². The lowest BCUT2D eigenvalue weighted by Gasteiger charge is -2.06. The molecule has 2 N–H and O–H groups in total. The number of benzene rings is 2. The number of ether oxygens (including phenoxy) is 1. The van der Waals surface area contributed by atoms with Crippen LogP contribution in [0, 0.1) is 0 Å². The summed E-state index contributed by atoms with van der Waals surface area (Å²) < 4.78 is 5.13. The van der Waals surface area contributed by atoms with Crippen LogP contribution in [0.3, 0.4) is 0 Å². The summed E-state index contributed by atoms with van der Waals surface area (Å²) in [4.78, 5) is 16.4. The molecule has 1 amide bonds. The van der Waals surface area contributed by atoms with Crippen molar-refractivity contribution >= 4 is 35.0 Å². The number of H-pyrrole nitrogens is 1. The van der Waals surface area contributed by atoms with Crippen molar-refractivity contribution in [1.82, 2.24) is 15.2 Å². The van der Waals surface area contributed by atoms with Gasteiger partial charge in [0.05, 0.1) is 17.9 Å². The average molecular weight is 375 g/mol. The first-order valence-electron chi connectivity index (χ1n) is 7.39. The first kappa shape index (κ1) is 17.3. The zero-order valence-electron chi connectivity index (χ0n) is 13.3. The van der Waals surface area contributed by atoms with Gasteiger partial charge in [-0.1, -0.05) is 41.6 Å². The molecule has 0 fully saturated rings. The van der Waals surface area contributed by atoms with Crippen LogP contribution in [0.15, 0.2) is 53.7 Å². The van der Waals surface area contributed by atoms with Crippen molar-refractivity contribution in [1.29, 1.82) is 0 Å². The second-order valence-corrected chi connectivity index (χ2v) is 6.36. The molecule has 0 saturated carbocycles. The van der Waals surface area contributed by atoms with Gasteiger partial charge in [-0.25, -0.2) is 4.98 Å². The van der Waals surface area contributed by atoms with Gasteiger partial charge in [0.15, 0.2) is 5.82 Å². The van der Waals surface area contributed by atoms with Crippen molar-refractivity contribution in [3.05, 3.63) is 53.6 Å². The Balaban J connectivity index is 1.58. The fourth-order valence-electron chi connectivity index (χ4n) is 2.11. The van der Waals surface area contributed by atoms with Crippen LogP contribution in [-0.4, -0.2) is 34.0 Å². The predicted octanol–water partition coefficient (Wildman–Crippen LogP) is 3.86. The Morgan fingerprint density at radius 2 is 2.12 bits per heavy atom. The summed E-state index contributed by atoms with van der Waals surface area (Å²) in [7, 11) is 1.58. The van der Waals surface area contributed by atoms with E-state index >= 15 is 0 Å². The second-order valence-electron chi connectivity index (χ2n) is 5.02. The number of hydrogen-bond donors (Lipinski definition) is 2. The van der Waals surface area contributed by atoms with Gasteiger partial charge in [-0.15, -0.1) is 5.10 Å². The van der Waals surface area contributed by atoms with E-state index in [0.29, 0.717) is 27.4 Å². The number of methoxy groups -OCH3 is 1. The van der Waals surface area contributed by atoms with Crippen molar-refractivity contribution in [2.75, 3.05) is 18.2 Å². The molecule has 0 aliphatic heterocycles. The number of amides is 1. The fraction of sp³-hybridized carbons (Fsp3) is 0.118. The molecule has 0 saturated heterocycles. The summed E-state index contributed by atoms with van der Waals surface area (Å²) in [5, 5.41) is 10.8. The molecule has 25 heavy (non-hydrogen) atoms. The highest BCUT2D eigenvalue weighted by Crippen LogP contribution is 2.26. The maximum atomic E-state index is 12.1. The molecule has 3 aromatic rings. The van der Waals surface area contributed by atoms with E-state index in [2.05, 4.69) is 20.5 Å². The molecule has 0 aliphatic rings. The predicted molar refractivity (Wildman–Crippen MR) is 99.2 cm³/mol. The number of aromatic amines is 1. The number of aromatic nitrogens is 3. The molecule has 6 nitrogen and oxygen atoms in total. The molecule has 0 bridgehead atoms. The van der Waals surface area contributed by atoms with E-state index in [1.54, 1.807) is 25.3 Å². The molecular weight excluding hydrogens is 360 g/mol. The highest BCUT2D eigenvalue weighted by molar-refractivity contribution is 7.99. The first-order chi connectivity index (χ1) is 12.2. The van der Waals surface area contributed by atoms with Crippen LogP contribution in [-0.2, 0) is 4.79 Å². The number of nitrogens with zero attached hydrogens (tertiary/aromatic N) is 2. The third-order valence-electron chi connectivity index (χ3n) is 3.28. The number of carbonyl (C=O) groups is 1. The molecule has 1 heterocycles. The van der Waals surface area contributed by atoms with Crippen molar-refractivity contribution in [3.63, 3.8) is 0 Å². The number of rotatable bonds is 6. The van der Waals surface area contributed by atoms with Gasteiger partial charge in [0.1, 0.15) is 5.75 Å². The lowest BCUT2D eigenvalue weighted by Crippen LogP contribution is -2.14. The molecule has 0 radical (unpaired) electrons. The van der Waals surface area contributed by atoms with E-state index < -0.39 is 0 Å². The number of hydrogen-bond acceptors (Lipinski definition) is 5. The molecular formula is C17H15ClN4O2S. The number of thioether (sulfide) groups is 1. The van der Waals surface area contributed by atoms with E-state index in [1.165, 1.54) is 11.8 Å². The number of nitrogens with one attached hydrogen (secondary N) is 2. The molecule has 1 aromatic heterocycles. The summed E-state index contributed by atoms with van der Waals surface area (Å²) in [6, 6.07) is 14.5. The Hall–Kier alpha value is -2.51. The Morgan fingerprint density at radius 1 is 1.28 bits per heavy atom. The standard InChI is InChI=1S/C17H15ClN4O2S/c1-24-12-6-4-5-11(9-12)19-15(23)10-25-17-20-16(21-22-17)13-7-2-3-8-14(13)18/h2-9H,10H2,1H3,(H,19,23)(H,20,21,22). The molecule has 0 atom stereocenters. The number of halogens is 1. The fourth-order valence-corrected chi connectivity index (χ4v) is 2.94. The Kier molecular flexibility index (Phi) is 5.57. The van der Waals surface area contributed by atoms with Gasteiger partial charge >= 0.3 is 0 Å². The quantitative estimate of drug-likeness (QED) is 0.640. The van der Waals surface area contributed by atoms with Crippen LogP contribution in [0.1, 0.15) is 0 Å². The van der Waals surface area contributed by atoms with Crippen molar-refractivity contribution in [2.24, 2.45) is 0 Å². The van der Waals surface area contributed by atoms with Gasteiger partial charge in [-0.2, -0.15) is 0 Å². The SMILES string of the molecule is COc1cccc(NC(=O)CSc2n[nH]c(-c3ccccc3Cl)n2)c1. The van der Waals surface area contributed by atoms with Gasteiger partial charge in [0.2, 0.25) is 11.1 Å². The Bertz CT molecular complexity index is 884. The Morgan fingerprint density at radius 3 is 2.92 bits per heavy atom. The summed E-state index contributed by atoms with van der Waals surface area (Å²) >= 11 is 7.38.